The second kappa shape index (κ2) is 8.96. The van der Waals surface area contributed by atoms with Crippen molar-refractivity contribution in [3.8, 4) is 0 Å². The average molecular weight is 395 g/mol. The van der Waals surface area contributed by atoms with Gasteiger partial charge in [0.25, 0.3) is 0 Å². The number of sulfone groups is 1. The fourth-order valence-corrected chi connectivity index (χ4v) is 4.06. The zero-order valence-corrected chi connectivity index (χ0v) is 15.5. The number of carboxylic acid groups (broad SMARTS) is 1. The van der Waals surface area contributed by atoms with Crippen LogP contribution in [-0.4, -0.2) is 31.5 Å². The van der Waals surface area contributed by atoms with Crippen LogP contribution in [0.2, 0.25) is 5.02 Å². The van der Waals surface area contributed by atoms with Gasteiger partial charge in [-0.3, -0.25) is 4.79 Å². The van der Waals surface area contributed by atoms with Gasteiger partial charge in [0.05, 0.1) is 16.6 Å². The number of carbonyl (C=O) groups excluding carboxylic acids is 1. The van der Waals surface area contributed by atoms with Crippen LogP contribution in [0.25, 0.3) is 0 Å². The summed E-state index contributed by atoms with van der Waals surface area (Å²) in [6, 6.07) is 13.0. The molecule has 0 aliphatic carbocycles. The highest BCUT2D eigenvalue weighted by Gasteiger charge is 2.19. The Kier molecular flexibility index (Phi) is 6.94. The monoisotopic (exact) mass is 394 g/mol. The molecule has 26 heavy (non-hydrogen) atoms. The fraction of sp³-hybridized carbons (Fsp3) is 0.263. The maximum atomic E-state index is 12.3. The van der Waals surface area contributed by atoms with E-state index >= 15 is 0 Å². The lowest BCUT2D eigenvalue weighted by Crippen LogP contribution is -2.12. The lowest BCUT2D eigenvalue weighted by Gasteiger charge is -2.10. The predicted octanol–water partition coefficient (Wildman–Crippen LogP) is 3.50. The Balaban J connectivity index is 1.96. The van der Waals surface area contributed by atoms with Gasteiger partial charge in [-0.1, -0.05) is 35.9 Å². The Labute approximate surface area is 157 Å². The molecule has 0 radical (unpaired) electrons. The van der Waals surface area contributed by atoms with E-state index in [0.717, 1.165) is 5.56 Å². The molecule has 0 saturated heterocycles. The minimum Gasteiger partial charge on any atom is -0.481 e. The summed E-state index contributed by atoms with van der Waals surface area (Å²) in [5.74, 6) is -1.88. The van der Waals surface area contributed by atoms with Crippen molar-refractivity contribution >= 4 is 33.7 Å². The molecule has 5 nitrogen and oxygen atoms in total. The summed E-state index contributed by atoms with van der Waals surface area (Å²) in [6.45, 7) is 0. The molecule has 2 rings (SSSR count). The second-order valence-electron chi connectivity index (χ2n) is 5.91. The smallest absolute Gasteiger partial charge is 0.311 e. The summed E-state index contributed by atoms with van der Waals surface area (Å²) in [5, 5.41) is 9.63. The Morgan fingerprint density at radius 1 is 1.08 bits per heavy atom. The van der Waals surface area contributed by atoms with Crippen molar-refractivity contribution in [2.75, 3.05) is 5.75 Å². The van der Waals surface area contributed by atoms with Gasteiger partial charge in [0.1, 0.15) is 6.29 Å². The topological polar surface area (TPSA) is 88.5 Å². The molecule has 0 saturated carbocycles. The molecule has 1 unspecified atom stereocenters. The molecule has 1 N–H and O–H groups in total. The lowest BCUT2D eigenvalue weighted by molar-refractivity contribution is -0.139. The van der Waals surface area contributed by atoms with E-state index in [1.165, 1.54) is 12.1 Å². The Morgan fingerprint density at radius 3 is 2.23 bits per heavy atom. The number of benzene rings is 2. The molecule has 0 spiro atoms. The highest BCUT2D eigenvalue weighted by molar-refractivity contribution is 7.91. The lowest BCUT2D eigenvalue weighted by atomic mass is 9.95. The third kappa shape index (κ3) is 5.41. The van der Waals surface area contributed by atoms with Gasteiger partial charge >= 0.3 is 5.97 Å². The first-order chi connectivity index (χ1) is 12.3. The molecule has 0 aliphatic rings. The summed E-state index contributed by atoms with van der Waals surface area (Å²) in [4.78, 5) is 22.0. The van der Waals surface area contributed by atoms with Gasteiger partial charge in [0.2, 0.25) is 0 Å². The van der Waals surface area contributed by atoms with Crippen LogP contribution in [0, 0.1) is 0 Å². The number of hydrogen-bond acceptors (Lipinski definition) is 4. The third-order valence-electron chi connectivity index (χ3n) is 4.06. The maximum Gasteiger partial charge on any atom is 0.311 e. The number of carboxylic acids is 1. The predicted molar refractivity (Wildman–Crippen MR) is 99.3 cm³/mol. The van der Waals surface area contributed by atoms with Crippen LogP contribution >= 0.6 is 11.6 Å². The summed E-state index contributed by atoms with van der Waals surface area (Å²) < 4.78 is 24.6. The van der Waals surface area contributed by atoms with Gasteiger partial charge in [0.15, 0.2) is 9.84 Å². The molecule has 0 bridgehead atoms. The van der Waals surface area contributed by atoms with Crippen molar-refractivity contribution in [1.82, 2.24) is 0 Å². The van der Waals surface area contributed by atoms with Gasteiger partial charge in [-0.05, 0) is 48.2 Å². The molecule has 1 atom stereocenters. The van der Waals surface area contributed by atoms with Gasteiger partial charge in [-0.2, -0.15) is 0 Å². The Hall–Kier alpha value is -2.18. The highest BCUT2D eigenvalue weighted by atomic mass is 35.5. The largest absolute Gasteiger partial charge is 0.481 e. The quantitative estimate of drug-likeness (QED) is 0.657. The molecule has 138 valence electrons. The molecule has 0 aliphatic heterocycles. The van der Waals surface area contributed by atoms with Crippen molar-refractivity contribution in [2.45, 2.75) is 30.1 Å². The van der Waals surface area contributed by atoms with Crippen molar-refractivity contribution in [2.24, 2.45) is 0 Å². The summed E-state index contributed by atoms with van der Waals surface area (Å²) in [5.41, 5.74) is 1.47. The van der Waals surface area contributed by atoms with Gasteiger partial charge in [-0.25, -0.2) is 8.42 Å². The fourth-order valence-electron chi connectivity index (χ4n) is 2.62. The first-order valence-corrected chi connectivity index (χ1v) is 10.1. The van der Waals surface area contributed by atoms with E-state index in [9.17, 15) is 18.0 Å². The summed E-state index contributed by atoms with van der Waals surface area (Å²) in [6.07, 6.45) is 1.52. The zero-order valence-electron chi connectivity index (χ0n) is 14.0. The van der Waals surface area contributed by atoms with E-state index in [1.807, 2.05) is 0 Å². The number of carbonyl (C=O) groups is 2. The molecule has 7 heteroatoms. The van der Waals surface area contributed by atoms with Gasteiger partial charge in [-0.15, -0.1) is 0 Å². The molecule has 0 amide bonds. The molecular formula is C19H19ClO5S. The molecule has 0 fully saturated rings. The summed E-state index contributed by atoms with van der Waals surface area (Å²) >= 11 is 5.77. The molecule has 0 heterocycles. The minimum atomic E-state index is -3.36. The number of aldehydes is 1. The first kappa shape index (κ1) is 20.1. The minimum absolute atomic E-state index is 0.0132. The van der Waals surface area contributed by atoms with E-state index in [4.69, 9.17) is 16.7 Å². The maximum absolute atomic E-state index is 12.3. The van der Waals surface area contributed by atoms with Crippen LogP contribution in [-0.2, 0) is 25.8 Å². The average Bonchev–Trinajstić information content (AvgIpc) is 2.60. The standard InChI is InChI=1S/C19H19ClO5S/c20-16-7-9-17(10-8-16)26(24,25)13-1-2-14-3-5-15(6-4-14)18(11-12-21)19(22)23/h3-10,12,18H,1-2,11,13H2,(H,22,23). The zero-order chi connectivity index (χ0) is 19.2. The third-order valence-corrected chi connectivity index (χ3v) is 6.13. The van der Waals surface area contributed by atoms with Crippen molar-refractivity contribution in [3.63, 3.8) is 0 Å². The molecule has 0 aromatic heterocycles. The van der Waals surface area contributed by atoms with Gasteiger partial charge < -0.3 is 9.90 Å². The van der Waals surface area contributed by atoms with Crippen molar-refractivity contribution < 1.29 is 23.1 Å². The Bertz CT molecular complexity index is 858. The normalized spacial score (nSPS) is 12.5. The van der Waals surface area contributed by atoms with E-state index in [1.54, 1.807) is 36.4 Å². The van der Waals surface area contributed by atoms with Crippen LogP contribution in [0.3, 0.4) is 0 Å². The van der Waals surface area contributed by atoms with Crippen molar-refractivity contribution in [1.29, 1.82) is 0 Å². The van der Waals surface area contributed by atoms with Crippen molar-refractivity contribution in [3.05, 3.63) is 64.7 Å². The molecule has 2 aromatic rings. The van der Waals surface area contributed by atoms with Crippen LogP contribution < -0.4 is 0 Å². The van der Waals surface area contributed by atoms with Crippen LogP contribution in [0.15, 0.2) is 53.4 Å². The number of halogens is 1. The molecular weight excluding hydrogens is 376 g/mol. The van der Waals surface area contributed by atoms with E-state index in [-0.39, 0.29) is 17.1 Å². The number of aliphatic carboxylic acids is 1. The van der Waals surface area contributed by atoms with Crippen LogP contribution in [0.5, 0.6) is 0 Å². The first-order valence-electron chi connectivity index (χ1n) is 8.07. The SMILES string of the molecule is O=CCC(C(=O)O)c1ccc(CCCS(=O)(=O)c2ccc(Cl)cc2)cc1. The van der Waals surface area contributed by atoms with E-state index in [2.05, 4.69) is 0 Å². The number of aryl methyl sites for hydroxylation is 1. The second-order valence-corrected chi connectivity index (χ2v) is 8.46. The molecule has 2 aromatic carbocycles. The highest BCUT2D eigenvalue weighted by Crippen LogP contribution is 2.21. The van der Waals surface area contributed by atoms with E-state index in [0.29, 0.717) is 29.7 Å². The summed E-state index contributed by atoms with van der Waals surface area (Å²) in [7, 11) is -3.36. The van der Waals surface area contributed by atoms with Gasteiger partial charge in [0, 0.05) is 11.4 Å². The van der Waals surface area contributed by atoms with Crippen LogP contribution in [0.4, 0.5) is 0 Å². The van der Waals surface area contributed by atoms with E-state index < -0.39 is 21.7 Å². The Morgan fingerprint density at radius 2 is 1.69 bits per heavy atom. The number of hydrogen-bond donors (Lipinski definition) is 1. The van der Waals surface area contributed by atoms with Crippen LogP contribution in [0.1, 0.15) is 29.9 Å². The number of rotatable bonds is 9.